The number of carbonyl (C=O) groups is 2. The van der Waals surface area contributed by atoms with Crippen LogP contribution in [0.3, 0.4) is 0 Å². The molecule has 0 saturated heterocycles. The summed E-state index contributed by atoms with van der Waals surface area (Å²) in [6.07, 6.45) is 2.32. The van der Waals surface area contributed by atoms with Crippen LogP contribution in [0, 0.1) is 0 Å². The maximum Gasteiger partial charge on any atom is 0.242 e. The van der Waals surface area contributed by atoms with Crippen LogP contribution in [0.25, 0.3) is 0 Å². The Bertz CT molecular complexity index is 1080. The van der Waals surface area contributed by atoms with Gasteiger partial charge in [-0.3, -0.25) is 13.9 Å². The van der Waals surface area contributed by atoms with Crippen molar-refractivity contribution in [2.75, 3.05) is 23.7 Å². The molecule has 10 heteroatoms. The van der Waals surface area contributed by atoms with E-state index in [0.29, 0.717) is 23.7 Å². The van der Waals surface area contributed by atoms with Crippen molar-refractivity contribution in [3.8, 4) is 0 Å². The van der Waals surface area contributed by atoms with Crippen LogP contribution in [-0.4, -0.2) is 50.5 Å². The number of hydrogen-bond donors (Lipinski definition) is 1. The van der Waals surface area contributed by atoms with Crippen molar-refractivity contribution in [1.29, 1.82) is 0 Å². The minimum absolute atomic E-state index is 0.0962. The second-order valence-electron chi connectivity index (χ2n) is 8.03. The van der Waals surface area contributed by atoms with Gasteiger partial charge >= 0.3 is 0 Å². The van der Waals surface area contributed by atoms with Crippen LogP contribution >= 0.6 is 27.5 Å². The van der Waals surface area contributed by atoms with E-state index < -0.39 is 16.1 Å². The van der Waals surface area contributed by atoms with Gasteiger partial charge in [0.1, 0.15) is 6.04 Å². The quantitative estimate of drug-likeness (QED) is 0.403. The number of carbonyl (C=O) groups excluding carboxylic acids is 2. The Hall–Kier alpha value is -2.10. The molecule has 34 heavy (non-hydrogen) atoms. The highest BCUT2D eigenvalue weighted by molar-refractivity contribution is 9.10. The van der Waals surface area contributed by atoms with Crippen molar-refractivity contribution in [1.82, 2.24) is 10.2 Å². The minimum atomic E-state index is -3.55. The summed E-state index contributed by atoms with van der Waals surface area (Å²) in [6, 6.07) is 13.4. The third-order valence-corrected chi connectivity index (χ3v) is 7.16. The van der Waals surface area contributed by atoms with E-state index in [1.807, 2.05) is 31.2 Å². The zero-order valence-electron chi connectivity index (χ0n) is 19.6. The van der Waals surface area contributed by atoms with Crippen LogP contribution in [0.1, 0.15) is 38.7 Å². The number of sulfonamides is 1. The summed E-state index contributed by atoms with van der Waals surface area (Å²) in [5.74, 6) is -0.437. The number of hydrogen-bond acceptors (Lipinski definition) is 4. The summed E-state index contributed by atoms with van der Waals surface area (Å²) in [7, 11) is -3.55. The monoisotopic (exact) mass is 571 g/mol. The van der Waals surface area contributed by atoms with Crippen molar-refractivity contribution < 1.29 is 18.0 Å². The smallest absolute Gasteiger partial charge is 0.242 e. The molecule has 0 spiro atoms. The van der Waals surface area contributed by atoms with Crippen LogP contribution in [0.4, 0.5) is 5.69 Å². The molecule has 2 rings (SSSR count). The van der Waals surface area contributed by atoms with E-state index in [0.717, 1.165) is 22.7 Å². The molecule has 2 amide bonds. The summed E-state index contributed by atoms with van der Waals surface area (Å²) >= 11 is 9.36. The fourth-order valence-electron chi connectivity index (χ4n) is 3.42. The zero-order valence-corrected chi connectivity index (χ0v) is 22.8. The zero-order chi connectivity index (χ0) is 25.3. The van der Waals surface area contributed by atoms with Gasteiger partial charge in [-0.15, -0.1) is 0 Å². The second kappa shape index (κ2) is 13.1. The Kier molecular flexibility index (Phi) is 10.9. The number of benzene rings is 2. The molecular formula is C24H31BrClN3O4S. The molecule has 1 atom stereocenters. The Morgan fingerprint density at radius 1 is 1.15 bits per heavy atom. The lowest BCUT2D eigenvalue weighted by Crippen LogP contribution is -2.47. The lowest BCUT2D eigenvalue weighted by Gasteiger charge is -2.29. The summed E-state index contributed by atoms with van der Waals surface area (Å²) in [4.78, 5) is 27.4. The SMILES string of the molecule is CCCNC(=O)[C@@H](C)N(Cc1cccc(Br)c1)C(=O)CCCN(c1ccc(Cl)cc1)S(C)(=O)=O. The number of nitrogens with one attached hydrogen (secondary N) is 1. The molecule has 0 saturated carbocycles. The van der Waals surface area contributed by atoms with Crippen molar-refractivity contribution in [3.05, 3.63) is 63.6 Å². The van der Waals surface area contributed by atoms with Gasteiger partial charge in [-0.2, -0.15) is 0 Å². The van der Waals surface area contributed by atoms with Crippen LogP contribution in [0.15, 0.2) is 53.0 Å². The van der Waals surface area contributed by atoms with Crippen molar-refractivity contribution in [3.63, 3.8) is 0 Å². The number of anilines is 1. The lowest BCUT2D eigenvalue weighted by molar-refractivity contribution is -0.140. The fraction of sp³-hybridized carbons (Fsp3) is 0.417. The third-order valence-electron chi connectivity index (χ3n) is 5.23. The van der Waals surface area contributed by atoms with E-state index in [1.165, 1.54) is 4.31 Å². The molecule has 7 nitrogen and oxygen atoms in total. The van der Waals surface area contributed by atoms with E-state index in [4.69, 9.17) is 11.6 Å². The van der Waals surface area contributed by atoms with Gasteiger partial charge in [0.25, 0.3) is 0 Å². The summed E-state index contributed by atoms with van der Waals surface area (Å²) in [5, 5.41) is 3.35. The first-order valence-corrected chi connectivity index (χ1v) is 14.1. The highest BCUT2D eigenvalue weighted by atomic mass is 79.9. The Balaban J connectivity index is 2.14. The topological polar surface area (TPSA) is 86.8 Å². The third kappa shape index (κ3) is 8.60. The molecule has 0 bridgehead atoms. The molecule has 0 aromatic heterocycles. The standard InChI is InChI=1S/C24H31BrClN3O4S/c1-4-14-27-24(31)18(2)28(17-19-7-5-8-20(25)16-19)23(30)9-6-15-29(34(3,32)33)22-12-10-21(26)11-13-22/h5,7-8,10-13,16,18H,4,6,9,14-15,17H2,1-3H3,(H,27,31)/t18-/m1/s1. The highest BCUT2D eigenvalue weighted by Crippen LogP contribution is 2.22. The largest absolute Gasteiger partial charge is 0.354 e. The normalized spacial score (nSPS) is 12.1. The molecule has 2 aromatic carbocycles. The average Bonchev–Trinajstić information content (AvgIpc) is 2.78. The van der Waals surface area contributed by atoms with Crippen molar-refractivity contribution >= 4 is 55.1 Å². The maximum absolute atomic E-state index is 13.2. The maximum atomic E-state index is 13.2. The average molecular weight is 573 g/mol. The number of nitrogens with zero attached hydrogens (tertiary/aromatic N) is 2. The lowest BCUT2D eigenvalue weighted by atomic mass is 10.1. The first-order chi connectivity index (χ1) is 16.0. The van der Waals surface area contributed by atoms with Gasteiger partial charge in [-0.05, 0) is 61.7 Å². The molecule has 0 aliphatic carbocycles. The molecular weight excluding hydrogens is 542 g/mol. The molecule has 0 radical (unpaired) electrons. The molecule has 0 unspecified atom stereocenters. The first kappa shape index (κ1) is 28.1. The van der Waals surface area contributed by atoms with Gasteiger partial charge in [0.2, 0.25) is 21.8 Å². The molecule has 2 aromatic rings. The Morgan fingerprint density at radius 2 is 1.82 bits per heavy atom. The van der Waals surface area contributed by atoms with Crippen LogP contribution in [-0.2, 0) is 26.2 Å². The number of amides is 2. The van der Waals surface area contributed by atoms with E-state index in [-0.39, 0.29) is 31.3 Å². The number of halogens is 2. The van der Waals surface area contributed by atoms with E-state index in [9.17, 15) is 18.0 Å². The van der Waals surface area contributed by atoms with Gasteiger partial charge in [0.05, 0.1) is 11.9 Å². The molecule has 0 aliphatic rings. The van der Waals surface area contributed by atoms with Gasteiger partial charge in [0, 0.05) is 35.6 Å². The minimum Gasteiger partial charge on any atom is -0.354 e. The van der Waals surface area contributed by atoms with Crippen molar-refractivity contribution in [2.45, 2.75) is 45.7 Å². The highest BCUT2D eigenvalue weighted by Gasteiger charge is 2.26. The van der Waals surface area contributed by atoms with E-state index >= 15 is 0 Å². The van der Waals surface area contributed by atoms with Gasteiger partial charge in [0.15, 0.2) is 0 Å². The Morgan fingerprint density at radius 3 is 2.41 bits per heavy atom. The van der Waals surface area contributed by atoms with Crippen molar-refractivity contribution in [2.24, 2.45) is 0 Å². The van der Waals surface area contributed by atoms with Crippen LogP contribution in [0.5, 0.6) is 0 Å². The van der Waals surface area contributed by atoms with Crippen LogP contribution in [0.2, 0.25) is 5.02 Å². The summed E-state index contributed by atoms with van der Waals surface area (Å²) in [5.41, 5.74) is 1.37. The summed E-state index contributed by atoms with van der Waals surface area (Å²) < 4.78 is 26.8. The molecule has 186 valence electrons. The molecule has 0 aliphatic heterocycles. The molecule has 0 fully saturated rings. The van der Waals surface area contributed by atoms with Crippen LogP contribution < -0.4 is 9.62 Å². The second-order valence-corrected chi connectivity index (χ2v) is 11.3. The van der Waals surface area contributed by atoms with Gasteiger partial charge < -0.3 is 10.2 Å². The first-order valence-electron chi connectivity index (χ1n) is 11.1. The van der Waals surface area contributed by atoms with E-state index in [2.05, 4.69) is 21.2 Å². The number of rotatable bonds is 12. The van der Waals surface area contributed by atoms with E-state index in [1.54, 1.807) is 36.1 Å². The predicted molar refractivity (Wildman–Crippen MR) is 140 cm³/mol. The molecule has 1 N–H and O–H groups in total. The fourth-order valence-corrected chi connectivity index (χ4v) is 4.96. The Labute approximate surface area is 215 Å². The predicted octanol–water partition coefficient (Wildman–Crippen LogP) is 4.59. The van der Waals surface area contributed by atoms with Gasteiger partial charge in [-0.25, -0.2) is 8.42 Å². The summed E-state index contributed by atoms with van der Waals surface area (Å²) in [6.45, 7) is 4.60. The van der Waals surface area contributed by atoms with Gasteiger partial charge in [-0.1, -0.05) is 46.6 Å². The molecule has 0 heterocycles.